The molecule has 0 aromatic carbocycles. The summed E-state index contributed by atoms with van der Waals surface area (Å²) in [7, 11) is 0. The molecule has 0 rings (SSSR count). The number of hydrogen-bond donors (Lipinski definition) is 1. The zero-order valence-corrected chi connectivity index (χ0v) is 23.5. The number of allylic oxidation sites excluding steroid dienone is 12. The van der Waals surface area contributed by atoms with Gasteiger partial charge in [-0.05, 0) is 118 Å². The van der Waals surface area contributed by atoms with E-state index in [9.17, 15) is 9.59 Å². The van der Waals surface area contributed by atoms with Crippen molar-refractivity contribution in [3.63, 3.8) is 0 Å². The summed E-state index contributed by atoms with van der Waals surface area (Å²) in [6.45, 7) is 14.8. The average molecular weight is 483 g/mol. The first-order valence-electron chi connectivity index (χ1n) is 13.2. The van der Waals surface area contributed by atoms with Crippen molar-refractivity contribution in [1.82, 2.24) is 0 Å². The molecule has 3 heteroatoms. The summed E-state index contributed by atoms with van der Waals surface area (Å²) in [6.07, 6.45) is 23.7. The van der Waals surface area contributed by atoms with E-state index in [1.807, 2.05) is 6.08 Å². The van der Waals surface area contributed by atoms with E-state index in [1.54, 1.807) is 6.92 Å². The van der Waals surface area contributed by atoms with Gasteiger partial charge >= 0.3 is 5.97 Å². The molecule has 0 radical (unpaired) electrons. The van der Waals surface area contributed by atoms with Crippen molar-refractivity contribution in [2.75, 3.05) is 0 Å². The molecule has 196 valence electrons. The molecule has 0 heterocycles. The van der Waals surface area contributed by atoms with E-state index < -0.39 is 12.4 Å². The number of Topliss-reactive ketones (excluding diaryl/α,β-unsaturated/α-hetero) is 1. The van der Waals surface area contributed by atoms with Crippen LogP contribution in [0.25, 0.3) is 0 Å². The lowest BCUT2D eigenvalue weighted by Crippen LogP contribution is -2.07. The van der Waals surface area contributed by atoms with Crippen molar-refractivity contribution >= 4 is 11.8 Å². The van der Waals surface area contributed by atoms with Crippen LogP contribution in [0.2, 0.25) is 0 Å². The predicted octanol–water partition coefficient (Wildman–Crippen LogP) is 9.63. The predicted molar refractivity (Wildman–Crippen MR) is 152 cm³/mol. The summed E-state index contributed by atoms with van der Waals surface area (Å²) in [6, 6.07) is 0. The van der Waals surface area contributed by atoms with Crippen molar-refractivity contribution in [2.24, 2.45) is 0 Å². The molecule has 0 aromatic rings. The number of aliphatic carboxylic acids is 1. The maximum atomic E-state index is 11.7. The SMILES string of the molecule is CC(C)=CCCC(C)=CCCC(C)=CCCC=C(C)CCC=C(C)CCC=C(C)C(=O)CC(=O)O. The van der Waals surface area contributed by atoms with Gasteiger partial charge in [-0.3, -0.25) is 9.59 Å². The molecule has 0 unspecified atom stereocenters. The van der Waals surface area contributed by atoms with E-state index in [1.165, 1.54) is 34.3 Å². The van der Waals surface area contributed by atoms with Crippen LogP contribution in [0.5, 0.6) is 0 Å². The Balaban J connectivity index is 4.18. The van der Waals surface area contributed by atoms with E-state index in [-0.39, 0.29) is 5.78 Å². The van der Waals surface area contributed by atoms with Crippen molar-refractivity contribution in [1.29, 1.82) is 0 Å². The van der Waals surface area contributed by atoms with Crippen molar-refractivity contribution in [3.05, 3.63) is 69.9 Å². The van der Waals surface area contributed by atoms with Gasteiger partial charge in [0.25, 0.3) is 0 Å². The van der Waals surface area contributed by atoms with Gasteiger partial charge in [0.2, 0.25) is 0 Å². The highest BCUT2D eigenvalue weighted by atomic mass is 16.4. The average Bonchev–Trinajstić information content (AvgIpc) is 2.76. The van der Waals surface area contributed by atoms with Gasteiger partial charge in [0.15, 0.2) is 5.78 Å². The summed E-state index contributed by atoms with van der Waals surface area (Å²) < 4.78 is 0. The first-order valence-corrected chi connectivity index (χ1v) is 13.2. The van der Waals surface area contributed by atoms with Gasteiger partial charge in [0.1, 0.15) is 6.42 Å². The van der Waals surface area contributed by atoms with Gasteiger partial charge in [0, 0.05) is 0 Å². The highest BCUT2D eigenvalue weighted by Gasteiger charge is 2.08. The van der Waals surface area contributed by atoms with Crippen LogP contribution in [0.1, 0.15) is 119 Å². The van der Waals surface area contributed by atoms with Crippen LogP contribution in [0.3, 0.4) is 0 Å². The molecule has 0 aliphatic rings. The number of hydrogen-bond acceptors (Lipinski definition) is 2. The van der Waals surface area contributed by atoms with Crippen LogP contribution in [-0.2, 0) is 9.59 Å². The van der Waals surface area contributed by atoms with Crippen LogP contribution in [-0.4, -0.2) is 16.9 Å². The van der Waals surface area contributed by atoms with Gasteiger partial charge in [-0.2, -0.15) is 0 Å². The normalized spacial score (nSPS) is 13.7. The highest BCUT2D eigenvalue weighted by Crippen LogP contribution is 2.15. The zero-order chi connectivity index (χ0) is 26.6. The van der Waals surface area contributed by atoms with E-state index in [4.69, 9.17) is 5.11 Å². The number of rotatable bonds is 18. The van der Waals surface area contributed by atoms with Crippen molar-refractivity contribution in [2.45, 2.75) is 119 Å². The number of ketones is 1. The van der Waals surface area contributed by atoms with Crippen LogP contribution in [0.15, 0.2) is 69.9 Å². The van der Waals surface area contributed by atoms with Gasteiger partial charge in [-0.25, -0.2) is 0 Å². The quantitative estimate of drug-likeness (QED) is 0.0915. The lowest BCUT2D eigenvalue weighted by atomic mass is 10.0. The Hall–Kier alpha value is -2.42. The minimum Gasteiger partial charge on any atom is -0.481 e. The first-order chi connectivity index (χ1) is 16.5. The molecule has 0 bridgehead atoms. The smallest absolute Gasteiger partial charge is 0.311 e. The Bertz CT molecular complexity index is 840. The van der Waals surface area contributed by atoms with E-state index in [0.29, 0.717) is 5.57 Å². The molecular formula is C32H50O3. The summed E-state index contributed by atoms with van der Waals surface area (Å²) in [5.74, 6) is -1.37. The third-order valence-electron chi connectivity index (χ3n) is 6.05. The molecule has 0 saturated carbocycles. The first kappa shape index (κ1) is 32.6. The monoisotopic (exact) mass is 482 g/mol. The van der Waals surface area contributed by atoms with Crippen LogP contribution in [0.4, 0.5) is 0 Å². The van der Waals surface area contributed by atoms with Gasteiger partial charge in [-0.15, -0.1) is 0 Å². The molecular weight excluding hydrogens is 432 g/mol. The number of unbranched alkanes of at least 4 members (excludes halogenated alkanes) is 1. The lowest BCUT2D eigenvalue weighted by molar-refractivity contribution is -0.139. The molecule has 0 aromatic heterocycles. The standard InChI is InChI=1S/C32H50O3/c1-25(2)14-10-17-28(5)20-11-18-26(3)15-8-9-16-27(4)19-12-21-29(6)22-13-23-30(7)31(33)24-32(34)35/h14-16,20-21,23H,8-13,17-19,22,24H2,1-7H3,(H,34,35). The Labute approximate surface area is 215 Å². The highest BCUT2D eigenvalue weighted by molar-refractivity contribution is 6.04. The maximum Gasteiger partial charge on any atom is 0.311 e. The molecule has 0 amide bonds. The zero-order valence-electron chi connectivity index (χ0n) is 23.5. The van der Waals surface area contributed by atoms with Crippen molar-refractivity contribution < 1.29 is 14.7 Å². The molecule has 0 aliphatic heterocycles. The molecule has 35 heavy (non-hydrogen) atoms. The summed E-state index contributed by atoms with van der Waals surface area (Å²) in [5.41, 5.74) is 7.67. The molecule has 0 atom stereocenters. The topological polar surface area (TPSA) is 54.4 Å². The van der Waals surface area contributed by atoms with E-state index in [0.717, 1.165) is 57.8 Å². The van der Waals surface area contributed by atoms with E-state index in [2.05, 4.69) is 71.9 Å². The van der Waals surface area contributed by atoms with Crippen LogP contribution in [0, 0.1) is 0 Å². The molecule has 3 nitrogen and oxygen atoms in total. The number of carbonyl (C=O) groups excluding carboxylic acids is 1. The van der Waals surface area contributed by atoms with Crippen LogP contribution >= 0.6 is 0 Å². The Morgan fingerprint density at radius 2 is 0.857 bits per heavy atom. The van der Waals surface area contributed by atoms with Gasteiger partial charge in [-0.1, -0.05) is 64.3 Å². The number of carbonyl (C=O) groups is 2. The number of carboxylic acid groups (broad SMARTS) is 1. The summed E-state index contributed by atoms with van der Waals surface area (Å²) in [4.78, 5) is 22.3. The Kier molecular flexibility index (Phi) is 18.5. The minimum absolute atomic E-state index is 0.303. The van der Waals surface area contributed by atoms with Crippen molar-refractivity contribution in [3.8, 4) is 0 Å². The van der Waals surface area contributed by atoms with Gasteiger partial charge < -0.3 is 5.11 Å². The largest absolute Gasteiger partial charge is 0.481 e. The van der Waals surface area contributed by atoms with Crippen LogP contribution < -0.4 is 0 Å². The van der Waals surface area contributed by atoms with E-state index >= 15 is 0 Å². The second-order valence-corrected chi connectivity index (χ2v) is 10.1. The molecule has 0 saturated heterocycles. The fourth-order valence-corrected chi connectivity index (χ4v) is 3.66. The molecule has 1 N–H and O–H groups in total. The maximum absolute atomic E-state index is 11.7. The van der Waals surface area contributed by atoms with Gasteiger partial charge in [0.05, 0.1) is 0 Å². The fourth-order valence-electron chi connectivity index (χ4n) is 3.66. The molecule has 0 spiro atoms. The summed E-state index contributed by atoms with van der Waals surface area (Å²) in [5, 5.41) is 8.69. The Morgan fingerprint density at radius 3 is 1.23 bits per heavy atom. The number of carboxylic acids is 1. The fraction of sp³-hybridized carbons (Fsp3) is 0.562. The Morgan fingerprint density at radius 1 is 0.514 bits per heavy atom. The molecule has 0 fully saturated rings. The lowest BCUT2D eigenvalue weighted by Gasteiger charge is -2.03. The summed E-state index contributed by atoms with van der Waals surface area (Å²) >= 11 is 0. The third kappa shape index (κ3) is 20.7. The molecule has 0 aliphatic carbocycles. The minimum atomic E-state index is -1.07. The second kappa shape index (κ2) is 19.8. The second-order valence-electron chi connectivity index (χ2n) is 10.1. The third-order valence-corrected chi connectivity index (χ3v) is 6.05.